The first-order valence-corrected chi connectivity index (χ1v) is 6.04. The number of hydrogen-bond donors (Lipinski definition) is 3. The molecule has 2 aromatic rings. The van der Waals surface area contributed by atoms with Crippen LogP contribution in [0.5, 0.6) is 0 Å². The molecule has 0 bridgehead atoms. The van der Waals surface area contributed by atoms with Gasteiger partial charge in [-0.05, 0) is 24.3 Å². The monoisotopic (exact) mass is 287 g/mol. The van der Waals surface area contributed by atoms with Crippen molar-refractivity contribution in [3.8, 4) is 11.3 Å². The molecule has 3 N–H and O–H groups in total. The number of carboxylic acid groups (broad SMARTS) is 1. The van der Waals surface area contributed by atoms with E-state index in [0.717, 1.165) is 5.56 Å². The van der Waals surface area contributed by atoms with E-state index in [1.54, 1.807) is 24.3 Å². The summed E-state index contributed by atoms with van der Waals surface area (Å²) in [5, 5.41) is 14.9. The molecule has 21 heavy (non-hydrogen) atoms. The molecule has 7 nitrogen and oxygen atoms in total. The van der Waals surface area contributed by atoms with Crippen LogP contribution in [0.1, 0.15) is 16.1 Å². The maximum Gasteiger partial charge on any atom is 0.335 e. The van der Waals surface area contributed by atoms with Gasteiger partial charge in [0.2, 0.25) is 0 Å². The highest BCUT2D eigenvalue weighted by Gasteiger charge is 2.06. The van der Waals surface area contributed by atoms with Gasteiger partial charge in [0.25, 0.3) is 0 Å². The second-order valence-electron chi connectivity index (χ2n) is 4.03. The number of rotatable bonds is 4. The predicted molar refractivity (Wildman–Crippen MR) is 76.3 cm³/mol. The highest BCUT2D eigenvalue weighted by Crippen LogP contribution is 2.21. The predicted octanol–water partition coefficient (Wildman–Crippen LogP) is 1.91. The fraction of sp³-hybridized carbons (Fsp3) is 0.0714. The van der Waals surface area contributed by atoms with E-state index in [1.165, 1.54) is 25.4 Å². The molecule has 0 saturated carbocycles. The summed E-state index contributed by atoms with van der Waals surface area (Å²) >= 11 is 0. The van der Waals surface area contributed by atoms with E-state index in [-0.39, 0.29) is 5.56 Å². The topological polar surface area (TPSA) is 104 Å². The van der Waals surface area contributed by atoms with Crippen LogP contribution in [-0.2, 0) is 0 Å². The summed E-state index contributed by atoms with van der Waals surface area (Å²) in [5.74, 6) is 0.0612. The van der Waals surface area contributed by atoms with E-state index in [9.17, 15) is 9.59 Å². The van der Waals surface area contributed by atoms with E-state index in [2.05, 4.69) is 15.8 Å². The van der Waals surface area contributed by atoms with Crippen molar-refractivity contribution in [2.45, 2.75) is 0 Å². The van der Waals surface area contributed by atoms with Crippen molar-refractivity contribution < 1.29 is 19.1 Å². The average Bonchev–Trinajstić information content (AvgIpc) is 2.96. The SMILES string of the molecule is CNC(=O)N/N=C/c1ccc(-c2ccc(C(=O)O)cc2)o1. The van der Waals surface area contributed by atoms with Gasteiger partial charge in [-0.2, -0.15) is 5.10 Å². The maximum absolute atomic E-state index is 10.9. The highest BCUT2D eigenvalue weighted by molar-refractivity contribution is 5.88. The van der Waals surface area contributed by atoms with Crippen molar-refractivity contribution in [2.75, 3.05) is 7.05 Å². The number of hydrogen-bond acceptors (Lipinski definition) is 4. The van der Waals surface area contributed by atoms with Gasteiger partial charge >= 0.3 is 12.0 Å². The standard InChI is InChI=1S/C14H13N3O4/c1-15-14(20)17-16-8-11-6-7-12(21-11)9-2-4-10(5-3-9)13(18)19/h2-8H,1H3,(H,18,19)(H2,15,17,20)/b16-8+. The quantitative estimate of drug-likeness (QED) is 0.590. The molecule has 0 saturated heterocycles. The van der Waals surface area contributed by atoms with Gasteiger partial charge in [0, 0.05) is 12.6 Å². The molecule has 0 atom stereocenters. The number of carbonyl (C=O) groups is 2. The largest absolute Gasteiger partial charge is 0.478 e. The molecule has 1 heterocycles. The fourth-order valence-corrected chi connectivity index (χ4v) is 1.56. The van der Waals surface area contributed by atoms with Crippen LogP contribution in [0.2, 0.25) is 0 Å². The number of furan rings is 1. The van der Waals surface area contributed by atoms with Crippen LogP contribution in [0.4, 0.5) is 4.79 Å². The van der Waals surface area contributed by atoms with Crippen LogP contribution >= 0.6 is 0 Å². The molecule has 0 fully saturated rings. The van der Waals surface area contributed by atoms with Crippen molar-refractivity contribution in [1.29, 1.82) is 0 Å². The van der Waals surface area contributed by atoms with Gasteiger partial charge in [-0.1, -0.05) is 12.1 Å². The van der Waals surface area contributed by atoms with E-state index < -0.39 is 12.0 Å². The van der Waals surface area contributed by atoms with Gasteiger partial charge in [-0.3, -0.25) is 0 Å². The Balaban J connectivity index is 2.09. The lowest BCUT2D eigenvalue weighted by Crippen LogP contribution is -2.28. The van der Waals surface area contributed by atoms with Crippen LogP contribution in [0.3, 0.4) is 0 Å². The molecule has 0 radical (unpaired) electrons. The van der Waals surface area contributed by atoms with Crippen molar-refractivity contribution in [1.82, 2.24) is 10.7 Å². The Hall–Kier alpha value is -3.09. The van der Waals surface area contributed by atoms with Crippen molar-refractivity contribution in [2.24, 2.45) is 5.10 Å². The van der Waals surface area contributed by atoms with Crippen LogP contribution < -0.4 is 10.7 Å². The smallest absolute Gasteiger partial charge is 0.335 e. The first-order chi connectivity index (χ1) is 10.1. The highest BCUT2D eigenvalue weighted by atomic mass is 16.4. The van der Waals surface area contributed by atoms with E-state index >= 15 is 0 Å². The lowest BCUT2D eigenvalue weighted by molar-refractivity contribution is 0.0697. The average molecular weight is 287 g/mol. The lowest BCUT2D eigenvalue weighted by Gasteiger charge is -1.98. The van der Waals surface area contributed by atoms with Crippen LogP contribution in [-0.4, -0.2) is 30.4 Å². The van der Waals surface area contributed by atoms with Crippen molar-refractivity contribution in [3.05, 3.63) is 47.7 Å². The molecule has 108 valence electrons. The number of urea groups is 1. The maximum atomic E-state index is 10.9. The molecule has 0 spiro atoms. The number of aromatic carboxylic acids is 1. The zero-order valence-electron chi connectivity index (χ0n) is 11.2. The Bertz CT molecular complexity index is 674. The number of hydrazone groups is 1. The molecule has 1 aromatic heterocycles. The summed E-state index contributed by atoms with van der Waals surface area (Å²) < 4.78 is 5.52. The van der Waals surface area contributed by atoms with Gasteiger partial charge in [0.05, 0.1) is 11.8 Å². The van der Waals surface area contributed by atoms with Crippen LogP contribution in [0.25, 0.3) is 11.3 Å². The van der Waals surface area contributed by atoms with E-state index in [4.69, 9.17) is 9.52 Å². The molecule has 0 aliphatic rings. The molecule has 2 rings (SSSR count). The minimum absolute atomic E-state index is 0.210. The summed E-state index contributed by atoms with van der Waals surface area (Å²) in [7, 11) is 1.48. The number of nitrogens with zero attached hydrogens (tertiary/aromatic N) is 1. The number of amides is 2. The van der Waals surface area contributed by atoms with Crippen molar-refractivity contribution >= 4 is 18.2 Å². The van der Waals surface area contributed by atoms with E-state index in [0.29, 0.717) is 11.5 Å². The van der Waals surface area contributed by atoms with Gasteiger partial charge < -0.3 is 14.8 Å². The Morgan fingerprint density at radius 1 is 1.19 bits per heavy atom. The third kappa shape index (κ3) is 3.69. The Kier molecular flexibility index (Phi) is 4.35. The summed E-state index contributed by atoms with van der Waals surface area (Å²) in [6, 6.07) is 9.31. The first kappa shape index (κ1) is 14.3. The van der Waals surface area contributed by atoms with Gasteiger partial charge in [-0.15, -0.1) is 0 Å². The Labute approximate surface area is 120 Å². The third-order valence-electron chi connectivity index (χ3n) is 2.63. The first-order valence-electron chi connectivity index (χ1n) is 6.04. The molecule has 7 heteroatoms. The summed E-state index contributed by atoms with van der Waals surface area (Å²) in [6.45, 7) is 0. The number of nitrogens with one attached hydrogen (secondary N) is 2. The second-order valence-corrected chi connectivity index (χ2v) is 4.03. The van der Waals surface area contributed by atoms with Gasteiger partial charge in [0.15, 0.2) is 0 Å². The molecular weight excluding hydrogens is 274 g/mol. The molecule has 0 aliphatic heterocycles. The van der Waals surface area contributed by atoms with Gasteiger partial charge in [-0.25, -0.2) is 15.0 Å². The van der Waals surface area contributed by atoms with E-state index in [1.807, 2.05) is 0 Å². The van der Waals surface area contributed by atoms with Crippen LogP contribution in [0, 0.1) is 0 Å². The minimum Gasteiger partial charge on any atom is -0.478 e. The molecule has 1 aromatic carbocycles. The second kappa shape index (κ2) is 6.38. The minimum atomic E-state index is -0.978. The normalized spacial score (nSPS) is 10.5. The Morgan fingerprint density at radius 2 is 1.90 bits per heavy atom. The summed E-state index contributed by atoms with van der Waals surface area (Å²) in [6.07, 6.45) is 1.37. The Morgan fingerprint density at radius 3 is 2.52 bits per heavy atom. The molecule has 0 unspecified atom stereocenters. The lowest BCUT2D eigenvalue weighted by atomic mass is 10.1. The number of benzene rings is 1. The molecule has 2 amide bonds. The zero-order valence-corrected chi connectivity index (χ0v) is 11.2. The fourth-order valence-electron chi connectivity index (χ4n) is 1.56. The van der Waals surface area contributed by atoms with Crippen LogP contribution in [0.15, 0.2) is 45.9 Å². The third-order valence-corrected chi connectivity index (χ3v) is 2.63. The summed E-state index contributed by atoms with van der Waals surface area (Å²) in [4.78, 5) is 21.7. The molecule has 0 aliphatic carbocycles. The van der Waals surface area contributed by atoms with Crippen molar-refractivity contribution in [3.63, 3.8) is 0 Å². The zero-order chi connectivity index (χ0) is 15.2. The summed E-state index contributed by atoms with van der Waals surface area (Å²) in [5.41, 5.74) is 3.20. The van der Waals surface area contributed by atoms with Gasteiger partial charge in [0.1, 0.15) is 11.5 Å². The number of carbonyl (C=O) groups excluding carboxylic acids is 1. The molecular formula is C14H13N3O4. The number of carboxylic acids is 1.